The molecule has 1 aromatic carbocycles. The van der Waals surface area contributed by atoms with Gasteiger partial charge in [0.15, 0.2) is 0 Å². The second-order valence-corrected chi connectivity index (χ2v) is 5.65. The summed E-state index contributed by atoms with van der Waals surface area (Å²) in [5.74, 6) is 0.603. The fourth-order valence-electron chi connectivity index (χ4n) is 2.11. The largest absolute Gasteiger partial charge is 0.495 e. The quantitative estimate of drug-likeness (QED) is 0.813. The number of carbonyl (C=O) groups is 1. The van der Waals surface area contributed by atoms with Crippen molar-refractivity contribution >= 4 is 17.7 Å². The Labute approximate surface area is 118 Å². The van der Waals surface area contributed by atoms with Crippen LogP contribution < -0.4 is 9.47 Å². The fourth-order valence-corrected chi connectivity index (χ4v) is 2.84. The van der Waals surface area contributed by atoms with Crippen molar-refractivity contribution in [1.82, 2.24) is 0 Å². The minimum absolute atomic E-state index is 0.0451. The van der Waals surface area contributed by atoms with Crippen LogP contribution in [-0.2, 0) is 10.2 Å². The van der Waals surface area contributed by atoms with Crippen LogP contribution in [-0.4, -0.2) is 31.6 Å². The molecule has 0 aliphatic carbocycles. The predicted octanol–water partition coefficient (Wildman–Crippen LogP) is 3.18. The second-order valence-electron chi connectivity index (χ2n) is 4.84. The van der Waals surface area contributed by atoms with Crippen molar-refractivity contribution < 1.29 is 19.4 Å². The van der Waals surface area contributed by atoms with Gasteiger partial charge >= 0.3 is 5.97 Å². The standard InChI is InChI=1S/C14H20O4S/c1-14(2,8-11(15)16)9-6-7-10(17-3)13(19-5)12(9)18-4/h6-7H,8H2,1-5H3,(H,15,16). The summed E-state index contributed by atoms with van der Waals surface area (Å²) in [6.45, 7) is 3.80. The predicted molar refractivity (Wildman–Crippen MR) is 76.6 cm³/mol. The van der Waals surface area contributed by atoms with E-state index in [-0.39, 0.29) is 6.42 Å². The number of hydrogen-bond acceptors (Lipinski definition) is 4. The van der Waals surface area contributed by atoms with E-state index in [1.807, 2.05) is 32.2 Å². The zero-order valence-corrected chi connectivity index (χ0v) is 12.8. The van der Waals surface area contributed by atoms with E-state index in [9.17, 15) is 4.79 Å². The van der Waals surface area contributed by atoms with Crippen molar-refractivity contribution in [3.63, 3.8) is 0 Å². The molecule has 4 nitrogen and oxygen atoms in total. The van der Waals surface area contributed by atoms with Crippen molar-refractivity contribution in [2.45, 2.75) is 30.6 Å². The molecule has 5 heteroatoms. The van der Waals surface area contributed by atoms with Crippen molar-refractivity contribution in [3.05, 3.63) is 17.7 Å². The third kappa shape index (κ3) is 3.35. The molecular weight excluding hydrogens is 264 g/mol. The van der Waals surface area contributed by atoms with Crippen LogP contribution >= 0.6 is 11.8 Å². The number of hydrogen-bond donors (Lipinski definition) is 1. The van der Waals surface area contributed by atoms with E-state index < -0.39 is 11.4 Å². The third-order valence-electron chi connectivity index (χ3n) is 3.03. The number of rotatable bonds is 6. The lowest BCUT2D eigenvalue weighted by atomic mass is 9.81. The van der Waals surface area contributed by atoms with Crippen LogP contribution in [0.15, 0.2) is 17.0 Å². The number of thioether (sulfide) groups is 1. The Morgan fingerprint density at radius 1 is 1.32 bits per heavy atom. The molecule has 0 aliphatic rings. The van der Waals surface area contributed by atoms with E-state index in [0.29, 0.717) is 5.75 Å². The zero-order valence-electron chi connectivity index (χ0n) is 11.9. The van der Waals surface area contributed by atoms with E-state index in [4.69, 9.17) is 14.6 Å². The Hall–Kier alpha value is -1.36. The molecule has 1 rings (SSSR count). The molecule has 1 aromatic rings. The molecule has 0 atom stereocenters. The van der Waals surface area contributed by atoms with E-state index in [1.54, 1.807) is 14.2 Å². The summed E-state index contributed by atoms with van der Waals surface area (Å²) in [6, 6.07) is 3.73. The highest BCUT2D eigenvalue weighted by Gasteiger charge is 2.29. The average Bonchev–Trinajstić information content (AvgIpc) is 2.34. The number of carboxylic acid groups (broad SMARTS) is 1. The Morgan fingerprint density at radius 3 is 2.37 bits per heavy atom. The van der Waals surface area contributed by atoms with Crippen LogP contribution in [0.2, 0.25) is 0 Å². The summed E-state index contributed by atoms with van der Waals surface area (Å²) in [7, 11) is 3.20. The first-order chi connectivity index (χ1) is 8.87. The number of ether oxygens (including phenoxy) is 2. The molecule has 106 valence electrons. The summed E-state index contributed by atoms with van der Waals surface area (Å²) < 4.78 is 10.8. The second kappa shape index (κ2) is 6.19. The Balaban J connectivity index is 3.39. The normalized spacial score (nSPS) is 11.2. The smallest absolute Gasteiger partial charge is 0.304 e. The third-order valence-corrected chi connectivity index (χ3v) is 3.82. The summed E-state index contributed by atoms with van der Waals surface area (Å²) in [5, 5.41) is 9.03. The van der Waals surface area contributed by atoms with Gasteiger partial charge < -0.3 is 14.6 Å². The average molecular weight is 284 g/mol. The van der Waals surface area contributed by atoms with Gasteiger partial charge in [-0.2, -0.15) is 0 Å². The maximum atomic E-state index is 11.0. The molecular formula is C14H20O4S. The summed E-state index contributed by atoms with van der Waals surface area (Å²) in [4.78, 5) is 11.9. The van der Waals surface area contributed by atoms with Gasteiger partial charge in [-0.1, -0.05) is 19.9 Å². The lowest BCUT2D eigenvalue weighted by molar-refractivity contribution is -0.138. The molecule has 0 fully saturated rings. The Kier molecular flexibility index (Phi) is 5.11. The number of benzene rings is 1. The highest BCUT2D eigenvalue weighted by molar-refractivity contribution is 7.98. The van der Waals surface area contributed by atoms with Gasteiger partial charge in [-0.15, -0.1) is 11.8 Å². The first-order valence-corrected chi connectivity index (χ1v) is 7.11. The Bertz CT molecular complexity index is 469. The molecule has 0 radical (unpaired) electrons. The van der Waals surface area contributed by atoms with Crippen LogP contribution in [0.5, 0.6) is 11.5 Å². The van der Waals surface area contributed by atoms with E-state index >= 15 is 0 Å². The zero-order chi connectivity index (χ0) is 14.6. The van der Waals surface area contributed by atoms with Crippen LogP contribution in [0.25, 0.3) is 0 Å². The molecule has 0 unspecified atom stereocenters. The molecule has 0 spiro atoms. The lowest BCUT2D eigenvalue weighted by Crippen LogP contribution is -2.22. The molecule has 19 heavy (non-hydrogen) atoms. The van der Waals surface area contributed by atoms with E-state index in [1.165, 1.54) is 11.8 Å². The fraction of sp³-hybridized carbons (Fsp3) is 0.500. The minimum atomic E-state index is -0.825. The van der Waals surface area contributed by atoms with Crippen LogP contribution in [0.4, 0.5) is 0 Å². The number of carboxylic acids is 1. The molecule has 1 N–H and O–H groups in total. The van der Waals surface area contributed by atoms with Gasteiger partial charge in [0.05, 0.1) is 25.5 Å². The SMILES string of the molecule is COc1ccc(C(C)(C)CC(=O)O)c(OC)c1SC. The van der Waals surface area contributed by atoms with E-state index in [2.05, 4.69) is 0 Å². The maximum Gasteiger partial charge on any atom is 0.304 e. The highest BCUT2D eigenvalue weighted by atomic mass is 32.2. The van der Waals surface area contributed by atoms with Crippen LogP contribution in [0.1, 0.15) is 25.8 Å². The Morgan fingerprint density at radius 2 is 1.95 bits per heavy atom. The molecule has 0 amide bonds. The first kappa shape index (κ1) is 15.7. The van der Waals surface area contributed by atoms with Crippen molar-refractivity contribution in [2.24, 2.45) is 0 Å². The van der Waals surface area contributed by atoms with Gasteiger partial charge in [0.25, 0.3) is 0 Å². The lowest BCUT2D eigenvalue weighted by Gasteiger charge is -2.27. The summed E-state index contributed by atoms with van der Waals surface area (Å²) in [5.41, 5.74) is 0.371. The van der Waals surface area contributed by atoms with Crippen LogP contribution in [0.3, 0.4) is 0 Å². The highest BCUT2D eigenvalue weighted by Crippen LogP contribution is 2.44. The topological polar surface area (TPSA) is 55.8 Å². The molecule has 0 aromatic heterocycles. The van der Waals surface area contributed by atoms with Crippen molar-refractivity contribution in [3.8, 4) is 11.5 Å². The number of aliphatic carboxylic acids is 1. The maximum absolute atomic E-state index is 11.0. The minimum Gasteiger partial charge on any atom is -0.495 e. The molecule has 0 aliphatic heterocycles. The summed E-state index contributed by atoms with van der Waals surface area (Å²) in [6.07, 6.45) is 1.98. The van der Waals surface area contributed by atoms with Gasteiger partial charge in [0, 0.05) is 11.0 Å². The van der Waals surface area contributed by atoms with Gasteiger partial charge in [0.1, 0.15) is 11.5 Å². The van der Waals surface area contributed by atoms with E-state index in [0.717, 1.165) is 16.2 Å². The summed E-state index contributed by atoms with van der Waals surface area (Å²) >= 11 is 1.52. The van der Waals surface area contributed by atoms with Gasteiger partial charge in [0.2, 0.25) is 0 Å². The molecule has 0 saturated heterocycles. The van der Waals surface area contributed by atoms with Gasteiger partial charge in [-0.05, 0) is 12.3 Å². The monoisotopic (exact) mass is 284 g/mol. The number of methoxy groups -OCH3 is 2. The molecule has 0 bridgehead atoms. The van der Waals surface area contributed by atoms with Crippen molar-refractivity contribution in [1.29, 1.82) is 0 Å². The molecule has 0 heterocycles. The van der Waals surface area contributed by atoms with Gasteiger partial charge in [-0.25, -0.2) is 0 Å². The van der Waals surface area contributed by atoms with Crippen molar-refractivity contribution in [2.75, 3.05) is 20.5 Å². The van der Waals surface area contributed by atoms with Gasteiger partial charge in [-0.3, -0.25) is 4.79 Å². The molecule has 0 saturated carbocycles. The first-order valence-electron chi connectivity index (χ1n) is 5.88. The van der Waals surface area contributed by atoms with Crippen LogP contribution in [0, 0.1) is 0 Å².